The number of allylic oxidation sites excluding steroid dienone is 2. The first-order valence-corrected chi connectivity index (χ1v) is 9.03. The number of carbonyl (C=O) groups is 1. The average Bonchev–Trinajstić information content (AvgIpc) is 2.41. The van der Waals surface area contributed by atoms with Crippen LogP contribution in [0.2, 0.25) is 0 Å². The Bertz CT molecular complexity index is 737. The van der Waals surface area contributed by atoms with Gasteiger partial charge in [0.25, 0.3) is 10.0 Å². The van der Waals surface area contributed by atoms with Crippen LogP contribution in [0.3, 0.4) is 0 Å². The minimum Gasteiger partial charge on any atom is -0.368 e. The van der Waals surface area contributed by atoms with Gasteiger partial charge in [-0.05, 0) is 53.8 Å². The fraction of sp³-hybridized carbons (Fsp3) is 0.214. The standard InChI is InChI=1S/C14H16IN3O3S/c1-10-2-5-12(6-3-10)22(20,21)17-14-7-4-11(15)8-18(14)9-13(16)19/h2-7,17H,8-9H2,1H3,(H2,16,19). The number of nitrogens with two attached hydrogens (primary N) is 1. The van der Waals surface area contributed by atoms with Crippen molar-refractivity contribution in [3.63, 3.8) is 0 Å². The zero-order valence-electron chi connectivity index (χ0n) is 11.9. The van der Waals surface area contributed by atoms with Crippen molar-refractivity contribution in [2.45, 2.75) is 11.8 Å². The van der Waals surface area contributed by atoms with Crippen LogP contribution in [-0.4, -0.2) is 32.3 Å². The highest BCUT2D eigenvalue weighted by Gasteiger charge is 2.22. The number of halogens is 1. The van der Waals surface area contributed by atoms with Crippen molar-refractivity contribution in [2.24, 2.45) is 5.73 Å². The first-order chi connectivity index (χ1) is 10.3. The van der Waals surface area contributed by atoms with E-state index in [0.717, 1.165) is 9.14 Å². The number of benzene rings is 1. The summed E-state index contributed by atoms with van der Waals surface area (Å²) in [6, 6.07) is 6.54. The van der Waals surface area contributed by atoms with Gasteiger partial charge in [-0.25, -0.2) is 8.42 Å². The van der Waals surface area contributed by atoms with Crippen LogP contribution in [0, 0.1) is 6.92 Å². The Morgan fingerprint density at radius 2 is 1.95 bits per heavy atom. The predicted molar refractivity (Wildman–Crippen MR) is 92.5 cm³/mol. The number of carbonyl (C=O) groups excluding carboxylic acids is 1. The van der Waals surface area contributed by atoms with E-state index in [0.29, 0.717) is 12.4 Å². The molecule has 22 heavy (non-hydrogen) atoms. The number of rotatable bonds is 5. The molecule has 0 fully saturated rings. The maximum absolute atomic E-state index is 12.4. The zero-order chi connectivity index (χ0) is 16.3. The zero-order valence-corrected chi connectivity index (χ0v) is 14.9. The molecule has 118 valence electrons. The number of amides is 1. The lowest BCUT2D eigenvalue weighted by Gasteiger charge is -2.28. The summed E-state index contributed by atoms with van der Waals surface area (Å²) >= 11 is 2.13. The fourth-order valence-corrected chi connectivity index (χ4v) is 3.61. The second-order valence-electron chi connectivity index (χ2n) is 4.91. The Kier molecular flexibility index (Phi) is 5.12. The molecule has 0 spiro atoms. The first-order valence-electron chi connectivity index (χ1n) is 6.47. The van der Waals surface area contributed by atoms with Crippen molar-refractivity contribution in [1.82, 2.24) is 9.62 Å². The summed E-state index contributed by atoms with van der Waals surface area (Å²) in [6.07, 6.45) is 3.42. The molecule has 1 heterocycles. The summed E-state index contributed by atoms with van der Waals surface area (Å²) < 4.78 is 28.3. The van der Waals surface area contributed by atoms with E-state index in [4.69, 9.17) is 5.73 Å². The second kappa shape index (κ2) is 6.69. The van der Waals surface area contributed by atoms with Gasteiger partial charge in [0, 0.05) is 3.58 Å². The number of hydrogen-bond donors (Lipinski definition) is 2. The molecule has 1 aliphatic heterocycles. The summed E-state index contributed by atoms with van der Waals surface area (Å²) in [6.45, 7) is 2.27. The average molecular weight is 433 g/mol. The molecule has 3 N–H and O–H groups in total. The number of primary amides is 1. The molecule has 0 bridgehead atoms. The largest absolute Gasteiger partial charge is 0.368 e. The molecule has 0 saturated carbocycles. The molecule has 0 radical (unpaired) electrons. The molecule has 0 aromatic heterocycles. The molecular weight excluding hydrogens is 417 g/mol. The number of hydrogen-bond acceptors (Lipinski definition) is 4. The fourth-order valence-electron chi connectivity index (χ4n) is 1.94. The van der Waals surface area contributed by atoms with E-state index in [1.165, 1.54) is 0 Å². The molecule has 0 atom stereocenters. The third kappa shape index (κ3) is 4.23. The van der Waals surface area contributed by atoms with Crippen molar-refractivity contribution < 1.29 is 13.2 Å². The molecule has 8 heteroatoms. The Morgan fingerprint density at radius 3 is 2.55 bits per heavy atom. The lowest BCUT2D eigenvalue weighted by molar-refractivity contribution is -0.118. The lowest BCUT2D eigenvalue weighted by atomic mass is 10.2. The molecule has 0 saturated heterocycles. The molecule has 0 aliphatic carbocycles. The second-order valence-corrected chi connectivity index (χ2v) is 7.97. The Hall–Kier alpha value is -1.55. The molecular formula is C14H16IN3O3S. The highest BCUT2D eigenvalue weighted by molar-refractivity contribution is 14.1. The normalized spacial score (nSPS) is 15.1. The monoisotopic (exact) mass is 433 g/mol. The molecule has 1 aromatic rings. The van der Waals surface area contributed by atoms with E-state index in [2.05, 4.69) is 27.3 Å². The van der Waals surface area contributed by atoms with Crippen LogP contribution in [0.15, 0.2) is 50.7 Å². The predicted octanol–water partition coefficient (Wildman–Crippen LogP) is 1.23. The molecule has 1 amide bonds. The summed E-state index contributed by atoms with van der Waals surface area (Å²) in [5.41, 5.74) is 6.19. The van der Waals surface area contributed by atoms with Gasteiger partial charge >= 0.3 is 0 Å². The van der Waals surface area contributed by atoms with Crippen LogP contribution in [-0.2, 0) is 14.8 Å². The molecule has 1 aromatic carbocycles. The smallest absolute Gasteiger partial charge is 0.262 e. The van der Waals surface area contributed by atoms with E-state index < -0.39 is 15.9 Å². The molecule has 1 aliphatic rings. The van der Waals surface area contributed by atoms with Crippen LogP contribution in [0.4, 0.5) is 0 Å². The minimum atomic E-state index is -3.71. The van der Waals surface area contributed by atoms with E-state index in [1.54, 1.807) is 41.3 Å². The van der Waals surface area contributed by atoms with Crippen molar-refractivity contribution in [2.75, 3.05) is 13.1 Å². The number of aryl methyl sites for hydroxylation is 1. The molecule has 2 rings (SSSR count). The van der Waals surface area contributed by atoms with Gasteiger partial charge in [-0.15, -0.1) is 0 Å². The van der Waals surface area contributed by atoms with Gasteiger partial charge in [-0.3, -0.25) is 9.52 Å². The maximum atomic E-state index is 12.4. The van der Waals surface area contributed by atoms with Gasteiger partial charge < -0.3 is 10.6 Å². The topological polar surface area (TPSA) is 92.5 Å². The van der Waals surface area contributed by atoms with Crippen LogP contribution < -0.4 is 10.5 Å². The van der Waals surface area contributed by atoms with E-state index >= 15 is 0 Å². The van der Waals surface area contributed by atoms with Crippen LogP contribution >= 0.6 is 22.6 Å². The van der Waals surface area contributed by atoms with Crippen molar-refractivity contribution in [1.29, 1.82) is 0 Å². The van der Waals surface area contributed by atoms with E-state index in [1.807, 2.05) is 6.92 Å². The van der Waals surface area contributed by atoms with Crippen molar-refractivity contribution in [3.8, 4) is 0 Å². The third-order valence-electron chi connectivity index (χ3n) is 3.02. The Morgan fingerprint density at radius 1 is 1.32 bits per heavy atom. The highest BCUT2D eigenvalue weighted by Crippen LogP contribution is 2.19. The highest BCUT2D eigenvalue weighted by atomic mass is 127. The quantitative estimate of drug-likeness (QED) is 0.684. The van der Waals surface area contributed by atoms with Gasteiger partial charge in [-0.2, -0.15) is 0 Å². The van der Waals surface area contributed by atoms with Gasteiger partial charge in [0.15, 0.2) is 0 Å². The Labute approximate surface area is 143 Å². The number of sulfonamides is 1. The Balaban J connectivity index is 2.26. The van der Waals surface area contributed by atoms with Crippen molar-refractivity contribution >= 4 is 38.5 Å². The van der Waals surface area contributed by atoms with Gasteiger partial charge in [0.2, 0.25) is 5.91 Å². The maximum Gasteiger partial charge on any atom is 0.262 e. The third-order valence-corrected chi connectivity index (χ3v) is 5.09. The van der Waals surface area contributed by atoms with E-state index in [9.17, 15) is 13.2 Å². The van der Waals surface area contributed by atoms with Crippen molar-refractivity contribution in [3.05, 3.63) is 51.4 Å². The first kappa shape index (κ1) is 16.8. The summed E-state index contributed by atoms with van der Waals surface area (Å²) in [5, 5.41) is 0. The number of nitrogens with zero attached hydrogens (tertiary/aromatic N) is 1. The van der Waals surface area contributed by atoms with Crippen LogP contribution in [0.5, 0.6) is 0 Å². The number of nitrogens with one attached hydrogen (secondary N) is 1. The van der Waals surface area contributed by atoms with Gasteiger partial charge in [-0.1, -0.05) is 17.7 Å². The van der Waals surface area contributed by atoms with Gasteiger partial charge in [0.1, 0.15) is 5.82 Å². The summed E-state index contributed by atoms with van der Waals surface area (Å²) in [7, 11) is -3.71. The molecule has 0 unspecified atom stereocenters. The lowest BCUT2D eigenvalue weighted by Crippen LogP contribution is -2.41. The van der Waals surface area contributed by atoms with Crippen LogP contribution in [0.1, 0.15) is 5.56 Å². The molecule has 6 nitrogen and oxygen atoms in total. The summed E-state index contributed by atoms with van der Waals surface area (Å²) in [5.74, 6) is -0.189. The van der Waals surface area contributed by atoms with Crippen LogP contribution in [0.25, 0.3) is 0 Å². The van der Waals surface area contributed by atoms with E-state index in [-0.39, 0.29) is 11.4 Å². The summed E-state index contributed by atoms with van der Waals surface area (Å²) in [4.78, 5) is 12.9. The SMILES string of the molecule is Cc1ccc(S(=O)(=O)NC2=CC=C(I)CN2CC(N)=O)cc1. The van der Waals surface area contributed by atoms with Gasteiger partial charge in [0.05, 0.1) is 18.0 Å². The minimum absolute atomic E-state index is 0.0530.